The van der Waals surface area contributed by atoms with Crippen molar-refractivity contribution in [2.45, 2.75) is 95.2 Å². The molecule has 3 heterocycles. The zero-order valence-corrected chi connectivity index (χ0v) is 21.7. The third-order valence-corrected chi connectivity index (χ3v) is 8.21. The molecule has 1 aliphatic heterocycles. The highest BCUT2D eigenvalue weighted by Crippen LogP contribution is 2.33. The number of likely N-dealkylation sites (tertiary alicyclic amines) is 1. The fourth-order valence-electron chi connectivity index (χ4n) is 5.82. The molecule has 2 aliphatic carbocycles. The van der Waals surface area contributed by atoms with Gasteiger partial charge in [-0.1, -0.05) is 19.3 Å². The Bertz CT molecular complexity index is 1070. The molecule has 0 bridgehead atoms. The average molecular weight is 509 g/mol. The summed E-state index contributed by atoms with van der Waals surface area (Å²) in [5.41, 5.74) is 1.45. The first-order chi connectivity index (χ1) is 18.1. The third-order valence-electron chi connectivity index (χ3n) is 8.21. The Morgan fingerprint density at radius 1 is 1.05 bits per heavy atom. The van der Waals surface area contributed by atoms with Crippen molar-refractivity contribution in [3.8, 4) is 11.4 Å². The molecule has 5 rings (SSSR count). The molecule has 2 aromatic heterocycles. The smallest absolute Gasteiger partial charge is 0.272 e. The van der Waals surface area contributed by atoms with Gasteiger partial charge in [0.2, 0.25) is 11.6 Å². The van der Waals surface area contributed by atoms with Crippen molar-refractivity contribution < 1.29 is 14.3 Å². The van der Waals surface area contributed by atoms with Crippen molar-refractivity contribution >= 4 is 11.8 Å². The van der Waals surface area contributed by atoms with Crippen LogP contribution in [0.5, 0.6) is 0 Å². The molecule has 9 heteroatoms. The third kappa shape index (κ3) is 6.50. The summed E-state index contributed by atoms with van der Waals surface area (Å²) >= 11 is 0. The van der Waals surface area contributed by atoms with Crippen molar-refractivity contribution in [3.05, 3.63) is 41.4 Å². The number of aromatic nitrogens is 3. The van der Waals surface area contributed by atoms with Crippen LogP contribution < -0.4 is 15.4 Å². The van der Waals surface area contributed by atoms with Gasteiger partial charge in [-0.15, -0.1) is 0 Å². The van der Waals surface area contributed by atoms with E-state index in [0.29, 0.717) is 17.1 Å². The molecular weight excluding hydrogens is 468 g/mol. The van der Waals surface area contributed by atoms with Gasteiger partial charge in [-0.2, -0.15) is 9.83 Å². The number of carbonyl (C=O) groups excluding carboxylic acids is 2. The fourth-order valence-corrected chi connectivity index (χ4v) is 5.82. The summed E-state index contributed by atoms with van der Waals surface area (Å²) in [6.45, 7) is 3.02. The number of hydrogen-bond acceptors (Lipinski definition) is 5. The number of amides is 2. The summed E-state index contributed by atoms with van der Waals surface area (Å²) < 4.78 is 2.70. The van der Waals surface area contributed by atoms with Gasteiger partial charge in [0.25, 0.3) is 5.91 Å². The summed E-state index contributed by atoms with van der Waals surface area (Å²) in [5.74, 6) is -0.283. The Morgan fingerprint density at radius 3 is 2.54 bits per heavy atom. The zero-order chi connectivity index (χ0) is 25.6. The number of carbonyl (C=O) groups is 2. The van der Waals surface area contributed by atoms with Gasteiger partial charge in [-0.05, 0) is 70.5 Å². The van der Waals surface area contributed by atoms with Crippen LogP contribution in [0.4, 0.5) is 0 Å². The maximum atomic E-state index is 13.5. The molecule has 0 aromatic carbocycles. The molecule has 2 amide bonds. The summed E-state index contributed by atoms with van der Waals surface area (Å²) in [4.78, 5) is 28.6. The van der Waals surface area contributed by atoms with Gasteiger partial charge in [-0.3, -0.25) is 14.3 Å². The second kappa shape index (κ2) is 12.1. The maximum absolute atomic E-state index is 13.5. The minimum Gasteiger partial charge on any atom is -0.618 e. The van der Waals surface area contributed by atoms with Gasteiger partial charge in [0.15, 0.2) is 11.9 Å². The van der Waals surface area contributed by atoms with Crippen LogP contribution in [0.25, 0.3) is 11.4 Å². The highest BCUT2D eigenvalue weighted by atomic mass is 16.5. The second-order valence-electron chi connectivity index (χ2n) is 11.0. The fraction of sp³-hybridized carbons (Fsp3) is 0.643. The molecule has 0 spiro atoms. The first-order valence-corrected chi connectivity index (χ1v) is 14.2. The van der Waals surface area contributed by atoms with E-state index < -0.39 is 0 Å². The van der Waals surface area contributed by atoms with E-state index in [1.54, 1.807) is 18.2 Å². The number of rotatable bonds is 10. The molecule has 200 valence electrons. The van der Waals surface area contributed by atoms with Crippen molar-refractivity contribution in [2.24, 2.45) is 0 Å². The lowest BCUT2D eigenvalue weighted by Crippen LogP contribution is -2.45. The molecule has 1 saturated heterocycles. The molecule has 3 fully saturated rings. The Balaban J connectivity index is 1.32. The molecule has 1 atom stereocenters. The quantitative estimate of drug-likeness (QED) is 0.378. The molecule has 0 radical (unpaired) electrons. The van der Waals surface area contributed by atoms with Gasteiger partial charge in [0, 0.05) is 43.2 Å². The standard InChI is InChI=1S/C28H40N6O3/c35-27(29-21-9-8-10-21)19-22(14-18-32-15-5-1-6-16-32)30-28(36)24-20-26(25-13-4-7-17-33(25)37)34(31-24)23-11-2-3-12-23/h4,7,13,17,20-23H,1-3,5-6,8-12,14-16,18-19H2,(H,29,35)(H,30,36)/t22-/m0/s1. The maximum Gasteiger partial charge on any atom is 0.272 e. The van der Waals surface area contributed by atoms with Crippen molar-refractivity contribution in [2.75, 3.05) is 19.6 Å². The number of piperidine rings is 1. The molecule has 2 saturated carbocycles. The molecule has 9 nitrogen and oxygen atoms in total. The van der Waals surface area contributed by atoms with Crippen LogP contribution >= 0.6 is 0 Å². The van der Waals surface area contributed by atoms with E-state index in [1.165, 1.54) is 25.5 Å². The van der Waals surface area contributed by atoms with Gasteiger partial charge >= 0.3 is 0 Å². The number of pyridine rings is 1. The minimum atomic E-state index is -0.286. The number of hydrogen-bond donors (Lipinski definition) is 2. The second-order valence-corrected chi connectivity index (χ2v) is 11.0. The summed E-state index contributed by atoms with van der Waals surface area (Å²) in [6, 6.07) is 7.21. The largest absolute Gasteiger partial charge is 0.618 e. The van der Waals surface area contributed by atoms with E-state index in [4.69, 9.17) is 5.10 Å². The number of nitrogens with zero attached hydrogens (tertiary/aromatic N) is 4. The van der Waals surface area contributed by atoms with E-state index in [1.807, 2.05) is 10.7 Å². The average Bonchev–Trinajstić information content (AvgIpc) is 3.56. The first kappa shape index (κ1) is 25.7. The van der Waals surface area contributed by atoms with E-state index in [2.05, 4.69) is 15.5 Å². The van der Waals surface area contributed by atoms with Crippen LogP contribution in [-0.4, -0.2) is 58.2 Å². The normalized spacial score (nSPS) is 19.9. The van der Waals surface area contributed by atoms with E-state index in [-0.39, 0.29) is 36.4 Å². The van der Waals surface area contributed by atoms with Crippen molar-refractivity contribution in [3.63, 3.8) is 0 Å². The van der Waals surface area contributed by atoms with Gasteiger partial charge < -0.3 is 20.7 Å². The van der Waals surface area contributed by atoms with Gasteiger partial charge in [-0.25, -0.2) is 0 Å². The summed E-state index contributed by atoms with van der Waals surface area (Å²) in [6.07, 6.45) is 13.6. The molecule has 3 aliphatic rings. The molecule has 2 aromatic rings. The first-order valence-electron chi connectivity index (χ1n) is 14.2. The van der Waals surface area contributed by atoms with Crippen molar-refractivity contribution in [1.82, 2.24) is 25.3 Å². The predicted molar refractivity (Wildman–Crippen MR) is 141 cm³/mol. The SMILES string of the molecule is O=C(C[C@H](CCN1CCCCC1)NC(=O)c1cc(-c2cccc[n+]2[O-])n(C2CCCC2)n1)NC1CCC1. The van der Waals surface area contributed by atoms with Gasteiger partial charge in [0.1, 0.15) is 5.69 Å². The molecule has 0 unspecified atom stereocenters. The Labute approximate surface area is 219 Å². The summed E-state index contributed by atoms with van der Waals surface area (Å²) in [7, 11) is 0. The lowest BCUT2D eigenvalue weighted by Gasteiger charge is -2.29. The highest BCUT2D eigenvalue weighted by Gasteiger charge is 2.28. The Morgan fingerprint density at radius 2 is 1.84 bits per heavy atom. The predicted octanol–water partition coefficient (Wildman–Crippen LogP) is 3.33. The lowest BCUT2D eigenvalue weighted by atomic mass is 9.93. The van der Waals surface area contributed by atoms with Crippen LogP contribution in [0.15, 0.2) is 30.5 Å². The summed E-state index contributed by atoms with van der Waals surface area (Å²) in [5, 5.41) is 23.5. The Hall–Kier alpha value is -2.94. The molecule has 2 N–H and O–H groups in total. The number of nitrogens with one attached hydrogen (secondary N) is 2. The van der Waals surface area contributed by atoms with Gasteiger partial charge in [0.05, 0.1) is 6.04 Å². The van der Waals surface area contributed by atoms with Crippen LogP contribution in [0.3, 0.4) is 0 Å². The molecule has 37 heavy (non-hydrogen) atoms. The van der Waals surface area contributed by atoms with Crippen LogP contribution in [-0.2, 0) is 4.79 Å². The van der Waals surface area contributed by atoms with Crippen LogP contribution in [0.2, 0.25) is 0 Å². The minimum absolute atomic E-state index is 0.00232. The van der Waals surface area contributed by atoms with E-state index in [0.717, 1.165) is 75.7 Å². The monoisotopic (exact) mass is 508 g/mol. The zero-order valence-electron chi connectivity index (χ0n) is 21.7. The highest BCUT2D eigenvalue weighted by molar-refractivity contribution is 5.93. The van der Waals surface area contributed by atoms with Crippen molar-refractivity contribution in [1.29, 1.82) is 0 Å². The van der Waals surface area contributed by atoms with Crippen LogP contribution in [0.1, 0.15) is 93.6 Å². The van der Waals surface area contributed by atoms with E-state index >= 15 is 0 Å². The van der Waals surface area contributed by atoms with Crippen LogP contribution in [0, 0.1) is 5.21 Å². The van der Waals surface area contributed by atoms with E-state index in [9.17, 15) is 14.8 Å². The topological polar surface area (TPSA) is 106 Å². The lowest BCUT2D eigenvalue weighted by molar-refractivity contribution is -0.593. The molecular formula is C28H40N6O3. The Kier molecular flexibility index (Phi) is 8.38.